The van der Waals surface area contributed by atoms with Gasteiger partial charge in [-0.15, -0.1) is 0 Å². The highest BCUT2D eigenvalue weighted by atomic mass is 19.2. The van der Waals surface area contributed by atoms with Crippen LogP contribution in [0.2, 0.25) is 0 Å². The summed E-state index contributed by atoms with van der Waals surface area (Å²) in [5.74, 6) is -0.914. The largest absolute Gasteiger partial charge is 0.340 e. The summed E-state index contributed by atoms with van der Waals surface area (Å²) in [5, 5.41) is 14.7. The average Bonchev–Trinajstić information content (AvgIpc) is 2.59. The predicted octanol–water partition coefficient (Wildman–Crippen LogP) is 4.11. The van der Waals surface area contributed by atoms with E-state index in [0.29, 0.717) is 22.9 Å². The molecule has 1 heterocycles. The van der Waals surface area contributed by atoms with Crippen LogP contribution in [-0.4, -0.2) is 9.97 Å². The zero-order valence-electron chi connectivity index (χ0n) is 12.3. The first kappa shape index (κ1) is 15.4. The number of nitrogens with one attached hydrogen (secondary N) is 2. The summed E-state index contributed by atoms with van der Waals surface area (Å²) >= 11 is 0. The fraction of sp³-hybridized carbons (Fsp3) is 0. The van der Waals surface area contributed by atoms with E-state index in [1.54, 1.807) is 30.3 Å². The van der Waals surface area contributed by atoms with Crippen LogP contribution in [0.1, 0.15) is 5.56 Å². The van der Waals surface area contributed by atoms with Crippen LogP contribution in [0.4, 0.5) is 31.8 Å². The Morgan fingerprint density at radius 3 is 2.04 bits per heavy atom. The van der Waals surface area contributed by atoms with Crippen LogP contribution in [0.25, 0.3) is 0 Å². The van der Waals surface area contributed by atoms with Crippen LogP contribution in [-0.2, 0) is 0 Å². The Bertz CT molecular complexity index is 904. The third kappa shape index (κ3) is 3.62. The fourth-order valence-electron chi connectivity index (χ4n) is 1.99. The molecule has 2 N–H and O–H groups in total. The summed E-state index contributed by atoms with van der Waals surface area (Å²) in [6, 6.07) is 14.0. The summed E-state index contributed by atoms with van der Waals surface area (Å²) in [7, 11) is 0. The molecule has 0 radical (unpaired) electrons. The van der Waals surface area contributed by atoms with E-state index in [2.05, 4.69) is 20.6 Å². The summed E-state index contributed by atoms with van der Waals surface area (Å²) in [6.07, 6.45) is 1.34. The van der Waals surface area contributed by atoms with Gasteiger partial charge in [-0.25, -0.2) is 18.7 Å². The van der Waals surface area contributed by atoms with Crippen molar-refractivity contribution in [3.8, 4) is 6.07 Å². The van der Waals surface area contributed by atoms with E-state index in [9.17, 15) is 8.78 Å². The van der Waals surface area contributed by atoms with Gasteiger partial charge in [-0.05, 0) is 36.4 Å². The van der Waals surface area contributed by atoms with Crippen molar-refractivity contribution in [1.29, 1.82) is 5.26 Å². The molecule has 0 unspecified atom stereocenters. The molecule has 0 aliphatic carbocycles. The lowest BCUT2D eigenvalue weighted by Crippen LogP contribution is -1.99. The van der Waals surface area contributed by atoms with Crippen LogP contribution in [0, 0.1) is 23.0 Å². The minimum absolute atomic E-state index is 0.372. The topological polar surface area (TPSA) is 73.6 Å². The molecule has 3 rings (SSSR count). The molecular formula is C17H11F2N5. The van der Waals surface area contributed by atoms with Crippen molar-refractivity contribution in [2.24, 2.45) is 0 Å². The van der Waals surface area contributed by atoms with E-state index in [-0.39, 0.29) is 0 Å². The van der Waals surface area contributed by atoms with Crippen molar-refractivity contribution in [3.05, 3.63) is 72.1 Å². The maximum absolute atomic E-state index is 13.2. The van der Waals surface area contributed by atoms with Gasteiger partial charge in [0.1, 0.15) is 18.0 Å². The average molecular weight is 323 g/mol. The molecule has 0 bridgehead atoms. The number of rotatable bonds is 4. The van der Waals surface area contributed by atoms with E-state index in [4.69, 9.17) is 5.26 Å². The second-order valence-electron chi connectivity index (χ2n) is 4.86. The number of nitrogens with zero attached hydrogens (tertiary/aromatic N) is 3. The maximum atomic E-state index is 13.2. The monoisotopic (exact) mass is 323 g/mol. The zero-order valence-corrected chi connectivity index (χ0v) is 12.3. The molecule has 5 nitrogen and oxygen atoms in total. The highest BCUT2D eigenvalue weighted by Crippen LogP contribution is 2.20. The lowest BCUT2D eigenvalue weighted by Gasteiger charge is -2.09. The van der Waals surface area contributed by atoms with Gasteiger partial charge < -0.3 is 10.6 Å². The quantitative estimate of drug-likeness (QED) is 0.756. The summed E-state index contributed by atoms with van der Waals surface area (Å²) in [4.78, 5) is 8.12. The van der Waals surface area contributed by atoms with Crippen molar-refractivity contribution in [2.75, 3.05) is 10.6 Å². The van der Waals surface area contributed by atoms with Gasteiger partial charge in [0.05, 0.1) is 11.6 Å². The minimum Gasteiger partial charge on any atom is -0.340 e. The Balaban J connectivity index is 1.75. The van der Waals surface area contributed by atoms with Crippen molar-refractivity contribution in [2.45, 2.75) is 0 Å². The lowest BCUT2D eigenvalue weighted by molar-refractivity contribution is 0.509. The van der Waals surface area contributed by atoms with Gasteiger partial charge in [0.15, 0.2) is 11.6 Å². The number of nitriles is 1. The fourth-order valence-corrected chi connectivity index (χ4v) is 1.99. The molecule has 0 aliphatic heterocycles. The Labute approximate surface area is 136 Å². The van der Waals surface area contributed by atoms with Crippen LogP contribution in [0.15, 0.2) is 54.9 Å². The van der Waals surface area contributed by atoms with Crippen LogP contribution < -0.4 is 10.6 Å². The third-order valence-corrected chi connectivity index (χ3v) is 3.15. The van der Waals surface area contributed by atoms with Crippen molar-refractivity contribution < 1.29 is 8.78 Å². The molecule has 1 aromatic heterocycles. The number of aromatic nitrogens is 2. The molecule has 24 heavy (non-hydrogen) atoms. The van der Waals surface area contributed by atoms with E-state index >= 15 is 0 Å². The third-order valence-electron chi connectivity index (χ3n) is 3.15. The summed E-state index contributed by atoms with van der Waals surface area (Å²) < 4.78 is 26.2. The van der Waals surface area contributed by atoms with Gasteiger partial charge in [-0.1, -0.05) is 0 Å². The molecule has 0 atom stereocenters. The van der Waals surface area contributed by atoms with Crippen LogP contribution in [0.3, 0.4) is 0 Å². The van der Waals surface area contributed by atoms with Crippen LogP contribution in [0.5, 0.6) is 0 Å². The SMILES string of the molecule is N#Cc1ccc(Nc2cc(Nc3ccc(F)c(F)c3)ncn2)cc1. The number of halogens is 2. The Kier molecular flexibility index (Phi) is 4.29. The van der Waals surface area contributed by atoms with Gasteiger partial charge in [-0.2, -0.15) is 5.26 Å². The first-order valence-electron chi connectivity index (χ1n) is 6.95. The van der Waals surface area contributed by atoms with Crippen molar-refractivity contribution in [1.82, 2.24) is 9.97 Å². The van der Waals surface area contributed by atoms with Gasteiger partial charge in [0.25, 0.3) is 0 Å². The molecule has 0 spiro atoms. The second-order valence-corrected chi connectivity index (χ2v) is 4.86. The van der Waals surface area contributed by atoms with Gasteiger partial charge in [0.2, 0.25) is 0 Å². The molecule has 0 aliphatic rings. The first-order valence-corrected chi connectivity index (χ1v) is 6.95. The maximum Gasteiger partial charge on any atom is 0.160 e. The number of hydrogen-bond acceptors (Lipinski definition) is 5. The van der Waals surface area contributed by atoms with Gasteiger partial charge in [-0.3, -0.25) is 0 Å². The van der Waals surface area contributed by atoms with E-state index in [1.165, 1.54) is 12.4 Å². The lowest BCUT2D eigenvalue weighted by atomic mass is 10.2. The van der Waals surface area contributed by atoms with E-state index in [0.717, 1.165) is 17.8 Å². The molecular weight excluding hydrogens is 312 g/mol. The Morgan fingerprint density at radius 2 is 1.42 bits per heavy atom. The molecule has 7 heteroatoms. The molecule has 3 aromatic rings. The molecule has 118 valence electrons. The number of hydrogen-bond donors (Lipinski definition) is 2. The second kappa shape index (κ2) is 6.71. The normalized spacial score (nSPS) is 10.0. The molecule has 0 fully saturated rings. The van der Waals surface area contributed by atoms with Crippen molar-refractivity contribution >= 4 is 23.0 Å². The number of anilines is 4. The highest BCUT2D eigenvalue weighted by molar-refractivity contribution is 5.63. The molecule has 0 amide bonds. The molecule has 0 saturated carbocycles. The minimum atomic E-state index is -0.940. The standard InChI is InChI=1S/C17H11F2N5/c18-14-6-5-13(7-15(14)19)24-17-8-16(21-10-22-17)23-12-3-1-11(9-20)2-4-12/h1-8,10H,(H2,21,22,23,24). The Morgan fingerprint density at radius 1 is 0.792 bits per heavy atom. The summed E-state index contributed by atoms with van der Waals surface area (Å²) in [6.45, 7) is 0. The zero-order chi connectivity index (χ0) is 16.9. The predicted molar refractivity (Wildman–Crippen MR) is 86.1 cm³/mol. The van der Waals surface area contributed by atoms with Crippen molar-refractivity contribution in [3.63, 3.8) is 0 Å². The van der Waals surface area contributed by atoms with Crippen LogP contribution >= 0.6 is 0 Å². The molecule has 0 saturated heterocycles. The smallest absolute Gasteiger partial charge is 0.160 e. The molecule has 2 aromatic carbocycles. The van der Waals surface area contributed by atoms with E-state index < -0.39 is 11.6 Å². The Hall–Kier alpha value is -3.53. The van der Waals surface area contributed by atoms with E-state index in [1.807, 2.05) is 6.07 Å². The van der Waals surface area contributed by atoms with Gasteiger partial charge in [0, 0.05) is 23.5 Å². The summed E-state index contributed by atoms with van der Waals surface area (Å²) in [5.41, 5.74) is 1.69. The first-order chi connectivity index (χ1) is 11.6. The highest BCUT2D eigenvalue weighted by Gasteiger charge is 2.05. The van der Waals surface area contributed by atoms with Gasteiger partial charge >= 0.3 is 0 Å². The number of benzene rings is 2.